The van der Waals surface area contributed by atoms with E-state index in [0.29, 0.717) is 42.6 Å². The highest BCUT2D eigenvalue weighted by Gasteiger charge is 2.24. The van der Waals surface area contributed by atoms with Gasteiger partial charge in [-0.25, -0.2) is 9.36 Å². The topological polar surface area (TPSA) is 149 Å². The third-order valence-corrected chi connectivity index (χ3v) is 15.0. The standard InChI is InChI=1S/C23H15Cl2N3OS.C22H20Cl2N4OS.2C5H11N/c1-14-21(23(26)29)27-28(19-11-8-16(24)13-18(19)25)22(14)20-12-10-17(30-20)9-7-15-5-3-2-4-6-15;1-14-20(22(25)29)26-28(18-8-6-15(23)13-17(18)24)21(14)19-9-7-16(30-19)5-4-12-27-10-2-3-11-27;2*1-2-4-6-5-3-1/h2-6,8,10-13H,1H3,(H2,26,29);6-9,13H,2-3,10-12H2,1H3,(H2,25,29);2*6H,1-5H2. The molecular formula is C55H57Cl4N9O2S2. The fourth-order valence-corrected chi connectivity index (χ4v) is 11.1. The monoisotopic (exact) mass is 1080 g/mol. The first kappa shape index (κ1) is 54.4. The first-order valence-electron chi connectivity index (χ1n) is 24.0. The van der Waals surface area contributed by atoms with Gasteiger partial charge >= 0.3 is 0 Å². The van der Waals surface area contributed by atoms with Gasteiger partial charge in [0.2, 0.25) is 0 Å². The molecule has 0 bridgehead atoms. The molecule has 0 saturated carbocycles. The van der Waals surface area contributed by atoms with E-state index in [2.05, 4.69) is 49.4 Å². The van der Waals surface area contributed by atoms with Crippen molar-refractivity contribution in [1.82, 2.24) is 35.1 Å². The van der Waals surface area contributed by atoms with E-state index in [4.69, 9.17) is 57.9 Å². The molecule has 3 fully saturated rings. The van der Waals surface area contributed by atoms with E-state index < -0.39 is 11.8 Å². The van der Waals surface area contributed by atoms with E-state index in [1.54, 1.807) is 57.1 Å². The molecule has 3 aliphatic heterocycles. The summed E-state index contributed by atoms with van der Waals surface area (Å²) in [6.07, 6.45) is 10.9. The molecule has 3 aromatic carbocycles. The number of nitrogens with two attached hydrogens (primary N) is 2. The van der Waals surface area contributed by atoms with Gasteiger partial charge in [-0.05, 0) is 164 Å². The minimum atomic E-state index is -0.599. The normalized spacial score (nSPS) is 14.2. The number of nitrogens with one attached hydrogen (secondary N) is 2. The molecule has 7 aromatic rings. The van der Waals surface area contributed by atoms with Gasteiger partial charge in [-0.15, -0.1) is 22.7 Å². The zero-order valence-corrected chi connectivity index (χ0v) is 45.0. The summed E-state index contributed by atoms with van der Waals surface area (Å²) in [5.74, 6) is 11.7. The van der Waals surface area contributed by atoms with Crippen LogP contribution in [-0.4, -0.2) is 82.1 Å². The fourth-order valence-electron chi connectivity index (χ4n) is 8.20. The van der Waals surface area contributed by atoms with Crippen LogP contribution in [0.4, 0.5) is 0 Å². The Labute approximate surface area is 450 Å². The van der Waals surface area contributed by atoms with E-state index in [1.165, 1.54) is 88.9 Å². The van der Waals surface area contributed by atoms with Crippen molar-refractivity contribution in [3.05, 3.63) is 149 Å². The summed E-state index contributed by atoms with van der Waals surface area (Å²) in [6, 6.07) is 27.9. The summed E-state index contributed by atoms with van der Waals surface area (Å²) < 4.78 is 3.29. The molecule has 7 heterocycles. The summed E-state index contributed by atoms with van der Waals surface area (Å²) >= 11 is 28.0. The minimum Gasteiger partial charge on any atom is -0.364 e. The van der Waals surface area contributed by atoms with Crippen molar-refractivity contribution in [2.75, 3.05) is 45.8 Å². The van der Waals surface area contributed by atoms with Gasteiger partial charge in [-0.1, -0.05) is 101 Å². The molecular weight excluding hydrogens is 1020 g/mol. The van der Waals surface area contributed by atoms with Gasteiger partial charge in [0, 0.05) is 26.7 Å². The molecule has 0 spiro atoms. The predicted molar refractivity (Wildman–Crippen MR) is 299 cm³/mol. The molecule has 0 unspecified atom stereocenters. The zero-order chi connectivity index (χ0) is 51.0. The van der Waals surface area contributed by atoms with Crippen LogP contribution >= 0.6 is 69.1 Å². The molecule has 3 saturated heterocycles. The van der Waals surface area contributed by atoms with Crippen LogP contribution in [0.15, 0.2) is 91.0 Å². The van der Waals surface area contributed by atoms with Crippen molar-refractivity contribution in [1.29, 1.82) is 0 Å². The number of carbonyl (C=O) groups is 2. The largest absolute Gasteiger partial charge is 0.364 e. The smallest absolute Gasteiger partial charge is 0.269 e. The summed E-state index contributed by atoms with van der Waals surface area (Å²) in [4.78, 5) is 29.9. The van der Waals surface area contributed by atoms with Crippen LogP contribution in [0.2, 0.25) is 20.1 Å². The highest BCUT2D eigenvalue weighted by Crippen LogP contribution is 2.38. The molecule has 72 heavy (non-hydrogen) atoms. The van der Waals surface area contributed by atoms with E-state index in [0.717, 1.165) is 56.1 Å². The van der Waals surface area contributed by atoms with E-state index >= 15 is 0 Å². The average molecular weight is 1080 g/mol. The Morgan fingerprint density at radius 2 is 1.04 bits per heavy atom. The summed E-state index contributed by atoms with van der Waals surface area (Å²) in [5, 5.41) is 17.3. The van der Waals surface area contributed by atoms with E-state index in [1.807, 2.05) is 68.4 Å². The third-order valence-electron chi connectivity index (χ3n) is 11.9. The highest BCUT2D eigenvalue weighted by molar-refractivity contribution is 7.16. The van der Waals surface area contributed by atoms with Crippen LogP contribution in [0.3, 0.4) is 0 Å². The van der Waals surface area contributed by atoms with Crippen LogP contribution in [0, 0.1) is 37.5 Å². The molecule has 0 radical (unpaired) electrons. The number of nitrogens with zero attached hydrogens (tertiary/aromatic N) is 5. The molecule has 6 N–H and O–H groups in total. The van der Waals surface area contributed by atoms with Crippen molar-refractivity contribution < 1.29 is 9.59 Å². The van der Waals surface area contributed by atoms with Gasteiger partial charge in [0.25, 0.3) is 11.8 Å². The number of hydrogen-bond acceptors (Lipinski definition) is 9. The number of hydrogen-bond donors (Lipinski definition) is 4. The van der Waals surface area contributed by atoms with E-state index in [9.17, 15) is 9.59 Å². The summed E-state index contributed by atoms with van der Waals surface area (Å²) in [5.41, 5.74) is 16.6. The lowest BCUT2D eigenvalue weighted by molar-refractivity contribution is 0.0986. The first-order valence-corrected chi connectivity index (χ1v) is 27.1. The molecule has 17 heteroatoms. The molecule has 0 atom stereocenters. The number of rotatable bonds is 7. The summed E-state index contributed by atoms with van der Waals surface area (Å²) in [7, 11) is 0. The van der Waals surface area contributed by atoms with Crippen molar-refractivity contribution in [3.63, 3.8) is 0 Å². The lowest BCUT2D eigenvalue weighted by Gasteiger charge is -2.09. The number of halogens is 4. The van der Waals surface area contributed by atoms with Crippen LogP contribution in [0.5, 0.6) is 0 Å². The number of piperidine rings is 2. The molecule has 10 rings (SSSR count). The maximum atomic E-state index is 11.9. The predicted octanol–water partition coefficient (Wildman–Crippen LogP) is 12.0. The van der Waals surface area contributed by atoms with E-state index in [-0.39, 0.29) is 11.4 Å². The molecule has 374 valence electrons. The first-order chi connectivity index (χ1) is 34.9. The Morgan fingerprint density at radius 3 is 1.44 bits per heavy atom. The Morgan fingerprint density at radius 1 is 0.583 bits per heavy atom. The van der Waals surface area contributed by atoms with Gasteiger partial charge in [0.15, 0.2) is 11.4 Å². The van der Waals surface area contributed by atoms with Gasteiger partial charge in [-0.3, -0.25) is 14.5 Å². The maximum Gasteiger partial charge on any atom is 0.269 e. The van der Waals surface area contributed by atoms with Crippen molar-refractivity contribution >= 4 is 80.9 Å². The van der Waals surface area contributed by atoms with Crippen LogP contribution in [0.1, 0.15) is 98.8 Å². The average Bonchev–Trinajstić information content (AvgIpc) is 4.26. The second-order valence-electron chi connectivity index (χ2n) is 17.2. The molecule has 3 aliphatic rings. The Bertz CT molecular complexity index is 3050. The van der Waals surface area contributed by atoms with Gasteiger partial charge in [0.05, 0.1) is 58.9 Å². The number of likely N-dealkylation sites (tertiary alicyclic amines) is 1. The number of benzene rings is 3. The Balaban J connectivity index is 0.000000171. The van der Waals surface area contributed by atoms with Crippen LogP contribution in [0.25, 0.3) is 32.5 Å². The second-order valence-corrected chi connectivity index (χ2v) is 21.1. The third kappa shape index (κ3) is 14.9. The number of thiophene rings is 2. The summed E-state index contributed by atoms with van der Waals surface area (Å²) in [6.45, 7) is 11.7. The number of carbonyl (C=O) groups excluding carboxylic acids is 2. The van der Waals surface area contributed by atoms with Gasteiger partial charge < -0.3 is 22.1 Å². The lowest BCUT2D eigenvalue weighted by atomic mass is 10.1. The number of amides is 2. The highest BCUT2D eigenvalue weighted by atomic mass is 35.5. The zero-order valence-electron chi connectivity index (χ0n) is 40.3. The Kier molecular flexibility index (Phi) is 20.4. The molecule has 4 aromatic heterocycles. The maximum absolute atomic E-state index is 11.9. The van der Waals surface area contributed by atoms with Crippen molar-refractivity contribution in [3.8, 4) is 56.2 Å². The van der Waals surface area contributed by atoms with Gasteiger partial charge in [0.1, 0.15) is 0 Å². The van der Waals surface area contributed by atoms with Gasteiger partial charge in [-0.2, -0.15) is 10.2 Å². The van der Waals surface area contributed by atoms with Crippen molar-refractivity contribution in [2.45, 2.75) is 65.2 Å². The molecule has 2 amide bonds. The van der Waals surface area contributed by atoms with Crippen LogP contribution in [-0.2, 0) is 0 Å². The molecule has 11 nitrogen and oxygen atoms in total. The van der Waals surface area contributed by atoms with Crippen molar-refractivity contribution in [2.24, 2.45) is 11.5 Å². The quantitative estimate of drug-likeness (QED) is 0.116. The Hall–Kier alpha value is -5.42. The second kappa shape index (κ2) is 27.0. The number of primary amides is 2. The SMILES string of the molecule is C1CCNCC1.C1CCNCC1.Cc1c(C(N)=O)nn(-c2ccc(Cl)cc2Cl)c1-c1ccc(C#CCN2CCCC2)s1.Cc1c(C(N)=O)nn(-c2ccc(Cl)cc2Cl)c1-c1ccc(C#Cc2ccccc2)s1. The number of aromatic nitrogens is 4. The van der Waals surface area contributed by atoms with Crippen LogP contribution < -0.4 is 22.1 Å². The lowest BCUT2D eigenvalue weighted by Crippen LogP contribution is -2.21. The molecule has 0 aliphatic carbocycles. The minimum absolute atomic E-state index is 0.196. The fraction of sp³-hybridized carbons (Fsp3) is 0.309.